The van der Waals surface area contributed by atoms with Gasteiger partial charge >= 0.3 is 6.03 Å². The third-order valence-electron chi connectivity index (χ3n) is 9.95. The van der Waals surface area contributed by atoms with Crippen molar-refractivity contribution in [3.8, 4) is 0 Å². The SMILES string of the molecule is NC(=O)N1CCC(CC(=O)N2CCC(C3CC[N+](=C4c5ccc(Cl)cc5CCc5cc(Br)cnc54)CC3)CC2)CC1. The van der Waals surface area contributed by atoms with Crippen LogP contribution in [0.3, 0.4) is 0 Å². The van der Waals surface area contributed by atoms with Crippen LogP contribution < -0.4 is 5.73 Å². The lowest BCUT2D eigenvalue weighted by atomic mass is 9.78. The molecule has 2 aromatic rings. The first-order chi connectivity index (χ1) is 19.9. The fraction of sp³-hybridized carbons (Fsp3) is 0.562. The first kappa shape index (κ1) is 28.7. The lowest BCUT2D eigenvalue weighted by Gasteiger charge is -2.38. The van der Waals surface area contributed by atoms with Gasteiger partial charge in [-0.05, 0) is 108 Å². The quantitative estimate of drug-likeness (QED) is 0.464. The van der Waals surface area contributed by atoms with Gasteiger partial charge in [-0.15, -0.1) is 0 Å². The van der Waals surface area contributed by atoms with Crippen molar-refractivity contribution in [1.82, 2.24) is 14.8 Å². The number of halogens is 2. The van der Waals surface area contributed by atoms with E-state index in [0.717, 1.165) is 79.9 Å². The number of fused-ring (bicyclic) bond motifs is 2. The Labute approximate surface area is 256 Å². The van der Waals surface area contributed by atoms with Crippen molar-refractivity contribution in [2.24, 2.45) is 23.5 Å². The fourth-order valence-corrected chi connectivity index (χ4v) is 8.12. The number of nitrogens with two attached hydrogens (primary N) is 1. The highest BCUT2D eigenvalue weighted by molar-refractivity contribution is 9.10. The van der Waals surface area contributed by atoms with Crippen LogP contribution in [0.4, 0.5) is 4.79 Å². The number of amides is 3. The minimum absolute atomic E-state index is 0.289. The zero-order valence-electron chi connectivity index (χ0n) is 23.7. The van der Waals surface area contributed by atoms with E-state index in [4.69, 9.17) is 22.3 Å². The molecule has 3 aliphatic heterocycles. The summed E-state index contributed by atoms with van der Waals surface area (Å²) in [6.45, 7) is 5.16. The third kappa shape index (κ3) is 6.34. The zero-order valence-corrected chi connectivity index (χ0v) is 26.0. The summed E-state index contributed by atoms with van der Waals surface area (Å²) in [4.78, 5) is 33.1. The van der Waals surface area contributed by atoms with Crippen molar-refractivity contribution in [2.45, 2.75) is 57.8 Å². The van der Waals surface area contributed by atoms with Crippen molar-refractivity contribution >= 4 is 45.2 Å². The van der Waals surface area contributed by atoms with Gasteiger partial charge in [0, 0.05) is 61.1 Å². The lowest BCUT2D eigenvalue weighted by Crippen LogP contribution is -2.44. The first-order valence-electron chi connectivity index (χ1n) is 15.2. The summed E-state index contributed by atoms with van der Waals surface area (Å²) in [6, 6.07) is 8.20. The molecule has 1 aliphatic carbocycles. The highest BCUT2D eigenvalue weighted by Crippen LogP contribution is 2.34. The second-order valence-corrected chi connectivity index (χ2v) is 13.7. The van der Waals surface area contributed by atoms with Crippen LogP contribution in [0, 0.1) is 17.8 Å². The van der Waals surface area contributed by atoms with Gasteiger partial charge in [0.2, 0.25) is 11.6 Å². The maximum absolute atomic E-state index is 13.0. The molecule has 1 aromatic carbocycles. The van der Waals surface area contributed by atoms with Gasteiger partial charge in [-0.25, -0.2) is 14.4 Å². The molecule has 0 unspecified atom stereocenters. The molecule has 0 bridgehead atoms. The number of hydrogen-bond donors (Lipinski definition) is 1. The molecule has 41 heavy (non-hydrogen) atoms. The summed E-state index contributed by atoms with van der Waals surface area (Å²) in [5.41, 5.74) is 11.6. The molecule has 0 saturated carbocycles. The van der Waals surface area contributed by atoms with Crippen LogP contribution in [0.25, 0.3) is 0 Å². The molecule has 4 aliphatic rings. The number of rotatable bonds is 3. The van der Waals surface area contributed by atoms with Crippen LogP contribution in [0.5, 0.6) is 0 Å². The number of likely N-dealkylation sites (tertiary alicyclic amines) is 2. The number of carbonyl (C=O) groups is 2. The van der Waals surface area contributed by atoms with Crippen molar-refractivity contribution in [3.05, 3.63) is 62.3 Å². The van der Waals surface area contributed by atoms with Crippen molar-refractivity contribution in [1.29, 1.82) is 0 Å². The molecular formula is C32H40BrClN5O2+. The molecule has 9 heteroatoms. The number of piperidine rings is 3. The Morgan fingerprint density at radius 2 is 1.59 bits per heavy atom. The average Bonchev–Trinajstić information content (AvgIpc) is 3.14. The van der Waals surface area contributed by atoms with E-state index in [-0.39, 0.29) is 11.9 Å². The Kier molecular flexibility index (Phi) is 8.68. The van der Waals surface area contributed by atoms with Gasteiger partial charge in [-0.3, -0.25) is 4.79 Å². The first-order valence-corrected chi connectivity index (χ1v) is 16.4. The second kappa shape index (κ2) is 12.4. The van der Waals surface area contributed by atoms with Crippen molar-refractivity contribution in [2.75, 3.05) is 39.3 Å². The van der Waals surface area contributed by atoms with Gasteiger partial charge in [0.1, 0.15) is 18.8 Å². The largest absolute Gasteiger partial charge is 0.351 e. The summed E-state index contributed by atoms with van der Waals surface area (Å²) in [5.74, 6) is 2.04. The predicted octanol–water partition coefficient (Wildman–Crippen LogP) is 5.28. The van der Waals surface area contributed by atoms with Crippen molar-refractivity contribution < 1.29 is 14.2 Å². The Balaban J connectivity index is 1.08. The van der Waals surface area contributed by atoms with E-state index in [2.05, 4.69) is 43.6 Å². The molecule has 0 radical (unpaired) electrons. The molecule has 4 heterocycles. The van der Waals surface area contributed by atoms with Gasteiger partial charge in [0.05, 0.1) is 5.56 Å². The van der Waals surface area contributed by atoms with E-state index in [9.17, 15) is 9.59 Å². The highest BCUT2D eigenvalue weighted by atomic mass is 79.9. The minimum Gasteiger partial charge on any atom is -0.351 e. The monoisotopic (exact) mass is 640 g/mol. The van der Waals surface area contributed by atoms with Crippen LogP contribution in [0.2, 0.25) is 5.02 Å². The Morgan fingerprint density at radius 1 is 0.927 bits per heavy atom. The maximum atomic E-state index is 13.0. The predicted molar refractivity (Wildman–Crippen MR) is 165 cm³/mol. The molecule has 218 valence electrons. The van der Waals surface area contributed by atoms with Crippen LogP contribution in [-0.4, -0.2) is 76.3 Å². The van der Waals surface area contributed by atoms with Crippen LogP contribution in [0.15, 0.2) is 34.9 Å². The third-order valence-corrected chi connectivity index (χ3v) is 10.6. The summed E-state index contributed by atoms with van der Waals surface area (Å²) in [6.07, 6.45) is 10.8. The van der Waals surface area contributed by atoms with E-state index in [0.29, 0.717) is 37.3 Å². The number of benzene rings is 1. The van der Waals surface area contributed by atoms with Crippen molar-refractivity contribution in [3.63, 3.8) is 0 Å². The molecule has 0 atom stereocenters. The molecule has 6 rings (SSSR count). The number of urea groups is 1. The summed E-state index contributed by atoms with van der Waals surface area (Å²) >= 11 is 10.0. The van der Waals surface area contributed by atoms with Gasteiger partial charge in [-0.2, -0.15) is 0 Å². The molecule has 7 nitrogen and oxygen atoms in total. The van der Waals surface area contributed by atoms with Crippen LogP contribution in [0.1, 0.15) is 67.3 Å². The minimum atomic E-state index is -0.347. The normalized spacial score (nSPS) is 22.2. The van der Waals surface area contributed by atoms with Gasteiger partial charge in [0.15, 0.2) is 0 Å². The molecule has 0 spiro atoms. The number of aromatic nitrogens is 1. The maximum Gasteiger partial charge on any atom is 0.314 e. The van der Waals surface area contributed by atoms with Crippen LogP contribution >= 0.6 is 27.5 Å². The van der Waals surface area contributed by atoms with E-state index in [1.54, 1.807) is 4.90 Å². The lowest BCUT2D eigenvalue weighted by molar-refractivity contribution is -0.541. The molecule has 3 fully saturated rings. The standard InChI is InChI=1S/C32H39BrClN5O2/c33-26-18-25-2-1-24-19-27(34)3-4-28(24)31(30(25)36-20-26)38-15-9-23(10-16-38)22-7-13-37(14-8-22)29(40)17-21-5-11-39(12-6-21)32(35)41/h3-4,18-23H,1-2,5-17H2,(H-,35,41)/p+1. The number of primary amides is 1. The Hall–Kier alpha value is -2.45. The smallest absolute Gasteiger partial charge is 0.314 e. The zero-order chi connectivity index (χ0) is 28.5. The summed E-state index contributed by atoms with van der Waals surface area (Å²) in [7, 11) is 0. The molecule has 1 aromatic heterocycles. The Morgan fingerprint density at radius 3 is 2.29 bits per heavy atom. The van der Waals surface area contributed by atoms with E-state index < -0.39 is 0 Å². The molecule has 3 saturated heterocycles. The van der Waals surface area contributed by atoms with E-state index in [1.165, 1.54) is 35.2 Å². The van der Waals surface area contributed by atoms with Gasteiger partial charge in [0.25, 0.3) is 0 Å². The molecule has 3 amide bonds. The summed E-state index contributed by atoms with van der Waals surface area (Å²) in [5, 5.41) is 0.792. The number of nitrogens with zero attached hydrogens (tertiary/aromatic N) is 4. The van der Waals surface area contributed by atoms with Gasteiger partial charge in [-0.1, -0.05) is 11.6 Å². The second-order valence-electron chi connectivity index (χ2n) is 12.3. The van der Waals surface area contributed by atoms with E-state index in [1.807, 2.05) is 12.3 Å². The Bertz CT molecular complexity index is 1280. The number of carbonyl (C=O) groups excluding carboxylic acids is 2. The fourth-order valence-electron chi connectivity index (χ4n) is 7.55. The summed E-state index contributed by atoms with van der Waals surface area (Å²) < 4.78 is 3.59. The topological polar surface area (TPSA) is 82.5 Å². The average molecular weight is 642 g/mol. The number of hydrogen-bond acceptors (Lipinski definition) is 3. The molecular weight excluding hydrogens is 602 g/mol. The molecule has 2 N–H and O–H groups in total. The highest BCUT2D eigenvalue weighted by Gasteiger charge is 2.36. The number of pyridine rings is 1. The van der Waals surface area contributed by atoms with E-state index >= 15 is 0 Å². The van der Waals surface area contributed by atoms with Gasteiger partial charge < -0.3 is 15.5 Å². The number of aryl methyl sites for hydroxylation is 2. The van der Waals surface area contributed by atoms with Crippen LogP contribution in [-0.2, 0) is 17.6 Å².